The topological polar surface area (TPSA) is 54.7 Å². The van der Waals surface area contributed by atoms with Crippen molar-refractivity contribution in [3.8, 4) is 5.75 Å². The standard InChI is InChI=1S/C20H22N2O3/c1-21-12-13-22(2)20(23)19-17(14-24-15-8-4-3-5-9-15)16-10-6-7-11-18(16)25-19/h3-11,21H,12-14H2,1-2H3. The van der Waals surface area contributed by atoms with Gasteiger partial charge in [-0.25, -0.2) is 0 Å². The second kappa shape index (κ2) is 7.85. The van der Waals surface area contributed by atoms with Crippen LogP contribution in [-0.2, 0) is 6.61 Å². The second-order valence-corrected chi connectivity index (χ2v) is 5.84. The Labute approximate surface area is 147 Å². The third kappa shape index (κ3) is 3.83. The van der Waals surface area contributed by atoms with Crippen LogP contribution in [0.4, 0.5) is 0 Å². The fourth-order valence-electron chi connectivity index (χ4n) is 2.64. The van der Waals surface area contributed by atoms with Crippen molar-refractivity contribution in [2.45, 2.75) is 6.61 Å². The summed E-state index contributed by atoms with van der Waals surface area (Å²) in [6.07, 6.45) is 0. The normalized spacial score (nSPS) is 10.8. The van der Waals surface area contributed by atoms with Gasteiger partial charge in [0.05, 0.1) is 0 Å². The van der Waals surface area contributed by atoms with Crippen LogP contribution in [0.3, 0.4) is 0 Å². The van der Waals surface area contributed by atoms with Gasteiger partial charge in [0.25, 0.3) is 5.91 Å². The average Bonchev–Trinajstić information content (AvgIpc) is 3.03. The fourth-order valence-corrected chi connectivity index (χ4v) is 2.64. The molecular weight excluding hydrogens is 316 g/mol. The number of para-hydroxylation sites is 2. The van der Waals surface area contributed by atoms with E-state index in [9.17, 15) is 4.79 Å². The Kier molecular flexibility index (Phi) is 5.36. The molecule has 0 aliphatic rings. The number of furan rings is 1. The molecule has 1 N–H and O–H groups in total. The lowest BCUT2D eigenvalue weighted by atomic mass is 10.1. The van der Waals surface area contributed by atoms with E-state index in [1.54, 1.807) is 11.9 Å². The van der Waals surface area contributed by atoms with Gasteiger partial charge in [-0.15, -0.1) is 0 Å². The quantitative estimate of drug-likeness (QED) is 0.718. The number of carbonyl (C=O) groups excluding carboxylic acids is 1. The molecule has 0 unspecified atom stereocenters. The van der Waals surface area contributed by atoms with Gasteiger partial charge in [0.15, 0.2) is 5.76 Å². The van der Waals surface area contributed by atoms with Gasteiger partial charge in [0.2, 0.25) is 0 Å². The maximum Gasteiger partial charge on any atom is 0.289 e. The van der Waals surface area contributed by atoms with Gasteiger partial charge in [0.1, 0.15) is 17.9 Å². The SMILES string of the molecule is CNCCN(C)C(=O)c1oc2ccccc2c1COc1ccccc1. The third-order valence-corrected chi connectivity index (χ3v) is 4.06. The molecule has 0 fully saturated rings. The van der Waals surface area contributed by atoms with Gasteiger partial charge < -0.3 is 19.4 Å². The number of ether oxygens (including phenoxy) is 1. The van der Waals surface area contributed by atoms with Crippen LogP contribution >= 0.6 is 0 Å². The lowest BCUT2D eigenvalue weighted by Gasteiger charge is -2.16. The maximum absolute atomic E-state index is 12.8. The first-order chi connectivity index (χ1) is 12.2. The zero-order valence-corrected chi connectivity index (χ0v) is 14.5. The van der Waals surface area contributed by atoms with E-state index in [4.69, 9.17) is 9.15 Å². The van der Waals surface area contributed by atoms with Gasteiger partial charge in [-0.3, -0.25) is 4.79 Å². The zero-order chi connectivity index (χ0) is 17.6. The summed E-state index contributed by atoms with van der Waals surface area (Å²) in [4.78, 5) is 14.5. The van der Waals surface area contributed by atoms with Gasteiger partial charge >= 0.3 is 0 Å². The van der Waals surface area contributed by atoms with Crippen molar-refractivity contribution >= 4 is 16.9 Å². The molecule has 0 aliphatic carbocycles. The van der Waals surface area contributed by atoms with Crippen LogP contribution in [0.2, 0.25) is 0 Å². The smallest absolute Gasteiger partial charge is 0.289 e. The van der Waals surface area contributed by atoms with Crippen LogP contribution < -0.4 is 10.1 Å². The highest BCUT2D eigenvalue weighted by Gasteiger charge is 2.23. The lowest BCUT2D eigenvalue weighted by molar-refractivity contribution is 0.0764. The molecule has 0 bridgehead atoms. The second-order valence-electron chi connectivity index (χ2n) is 5.84. The Balaban J connectivity index is 1.90. The summed E-state index contributed by atoms with van der Waals surface area (Å²) >= 11 is 0. The Morgan fingerprint density at radius 3 is 2.60 bits per heavy atom. The van der Waals surface area contributed by atoms with Gasteiger partial charge in [-0.05, 0) is 25.2 Å². The number of benzene rings is 2. The molecule has 0 saturated carbocycles. The summed E-state index contributed by atoms with van der Waals surface area (Å²) in [5, 5.41) is 3.95. The van der Waals surface area contributed by atoms with Crippen molar-refractivity contribution < 1.29 is 13.9 Å². The van der Waals surface area contributed by atoms with E-state index in [0.29, 0.717) is 17.9 Å². The third-order valence-electron chi connectivity index (χ3n) is 4.06. The number of nitrogens with zero attached hydrogens (tertiary/aromatic N) is 1. The molecule has 0 saturated heterocycles. The van der Waals surface area contributed by atoms with Gasteiger partial charge in [-0.1, -0.05) is 36.4 Å². The molecule has 0 radical (unpaired) electrons. The van der Waals surface area contributed by atoms with E-state index in [2.05, 4.69) is 5.32 Å². The van der Waals surface area contributed by atoms with E-state index >= 15 is 0 Å². The minimum atomic E-state index is -0.141. The predicted octanol–water partition coefficient (Wildman–Crippen LogP) is 3.30. The van der Waals surface area contributed by atoms with Crippen LogP contribution in [0.25, 0.3) is 11.0 Å². The number of amides is 1. The number of nitrogens with one attached hydrogen (secondary N) is 1. The van der Waals surface area contributed by atoms with E-state index in [1.165, 1.54) is 0 Å². The van der Waals surface area contributed by atoms with Crippen molar-refractivity contribution in [2.75, 3.05) is 27.2 Å². The van der Waals surface area contributed by atoms with Gasteiger partial charge in [-0.2, -0.15) is 0 Å². The Morgan fingerprint density at radius 1 is 1.12 bits per heavy atom. The van der Waals surface area contributed by atoms with Gasteiger partial charge in [0, 0.05) is 31.1 Å². The first-order valence-electron chi connectivity index (χ1n) is 8.29. The molecule has 0 atom stereocenters. The van der Waals surface area contributed by atoms with E-state index in [-0.39, 0.29) is 12.5 Å². The van der Waals surface area contributed by atoms with Crippen LogP contribution in [0.15, 0.2) is 59.0 Å². The van der Waals surface area contributed by atoms with Crippen LogP contribution in [0.1, 0.15) is 16.1 Å². The Morgan fingerprint density at radius 2 is 1.84 bits per heavy atom. The number of carbonyl (C=O) groups is 1. The van der Waals surface area contributed by atoms with Crippen LogP contribution in [-0.4, -0.2) is 38.0 Å². The molecule has 5 nitrogen and oxygen atoms in total. The van der Waals surface area contributed by atoms with Crippen molar-refractivity contribution in [1.29, 1.82) is 0 Å². The minimum absolute atomic E-state index is 0.141. The van der Waals surface area contributed by atoms with Crippen LogP contribution in [0, 0.1) is 0 Å². The highest BCUT2D eigenvalue weighted by atomic mass is 16.5. The van der Waals surface area contributed by atoms with E-state index < -0.39 is 0 Å². The summed E-state index contributed by atoms with van der Waals surface area (Å²) in [7, 11) is 3.63. The zero-order valence-electron chi connectivity index (χ0n) is 14.5. The minimum Gasteiger partial charge on any atom is -0.489 e. The summed E-state index contributed by atoms with van der Waals surface area (Å²) in [6, 6.07) is 17.2. The molecule has 0 aliphatic heterocycles. The molecule has 1 amide bonds. The van der Waals surface area contributed by atoms with Crippen LogP contribution in [0.5, 0.6) is 5.75 Å². The number of fused-ring (bicyclic) bond motifs is 1. The molecule has 3 rings (SSSR count). The number of hydrogen-bond donors (Lipinski definition) is 1. The molecule has 130 valence electrons. The molecule has 5 heteroatoms. The summed E-state index contributed by atoms with van der Waals surface area (Å²) in [5.74, 6) is 0.962. The van der Waals surface area contributed by atoms with E-state index in [1.807, 2.05) is 61.6 Å². The molecule has 1 heterocycles. The molecule has 1 aromatic heterocycles. The molecule has 3 aromatic rings. The maximum atomic E-state index is 12.8. The highest BCUT2D eigenvalue weighted by Crippen LogP contribution is 2.28. The molecular formula is C20H22N2O3. The number of hydrogen-bond acceptors (Lipinski definition) is 4. The summed E-state index contributed by atoms with van der Waals surface area (Å²) in [5.41, 5.74) is 1.47. The molecule has 25 heavy (non-hydrogen) atoms. The largest absolute Gasteiger partial charge is 0.489 e. The Bertz CT molecular complexity index is 843. The van der Waals surface area contributed by atoms with E-state index in [0.717, 1.165) is 23.2 Å². The average molecular weight is 338 g/mol. The summed E-state index contributed by atoms with van der Waals surface area (Å²) in [6.45, 7) is 1.60. The fraction of sp³-hybridized carbons (Fsp3) is 0.250. The van der Waals surface area contributed by atoms with Crippen molar-refractivity contribution in [3.05, 3.63) is 65.9 Å². The first kappa shape index (κ1) is 17.0. The lowest BCUT2D eigenvalue weighted by Crippen LogP contribution is -2.33. The number of rotatable bonds is 7. The monoisotopic (exact) mass is 338 g/mol. The summed E-state index contributed by atoms with van der Waals surface area (Å²) < 4.78 is 11.7. The number of likely N-dealkylation sites (N-methyl/N-ethyl adjacent to an activating group) is 2. The molecule has 0 spiro atoms. The Hall–Kier alpha value is -2.79. The van der Waals surface area contributed by atoms with Crippen molar-refractivity contribution in [1.82, 2.24) is 10.2 Å². The highest BCUT2D eigenvalue weighted by molar-refractivity contribution is 5.99. The van der Waals surface area contributed by atoms with Crippen molar-refractivity contribution in [2.24, 2.45) is 0 Å². The first-order valence-corrected chi connectivity index (χ1v) is 8.29. The van der Waals surface area contributed by atoms with Crippen molar-refractivity contribution in [3.63, 3.8) is 0 Å². The predicted molar refractivity (Wildman–Crippen MR) is 97.9 cm³/mol. The molecule has 2 aromatic carbocycles.